The number of phenols is 1. The Balaban J connectivity index is 2.23. The summed E-state index contributed by atoms with van der Waals surface area (Å²) >= 11 is 5.93. The van der Waals surface area contributed by atoms with Gasteiger partial charge in [-0.05, 0) is 30.7 Å². The second-order valence-corrected chi connectivity index (χ2v) is 4.91. The number of hydrogen-bond donors (Lipinski definition) is 3. The van der Waals surface area contributed by atoms with E-state index in [0.29, 0.717) is 28.8 Å². The molecule has 0 aliphatic heterocycles. The van der Waals surface area contributed by atoms with Crippen LogP contribution in [0, 0.1) is 0 Å². The molecule has 6 heteroatoms. The van der Waals surface area contributed by atoms with E-state index in [0.717, 1.165) is 6.42 Å². The second kappa shape index (κ2) is 6.54. The van der Waals surface area contributed by atoms with Gasteiger partial charge in [-0.1, -0.05) is 18.5 Å². The number of nitrogens with one attached hydrogen (secondary N) is 1. The summed E-state index contributed by atoms with van der Waals surface area (Å²) in [5.41, 5.74) is 6.35. The highest BCUT2D eigenvalue weighted by atomic mass is 35.5. The van der Waals surface area contributed by atoms with E-state index < -0.39 is 0 Å². The first-order valence-electron chi connectivity index (χ1n) is 6.41. The van der Waals surface area contributed by atoms with Gasteiger partial charge in [-0.15, -0.1) is 0 Å². The van der Waals surface area contributed by atoms with Crippen molar-refractivity contribution >= 4 is 17.4 Å². The maximum atomic E-state index is 9.86. The minimum atomic E-state index is 0.0768. The van der Waals surface area contributed by atoms with Crippen LogP contribution >= 0.6 is 11.6 Å². The largest absolute Gasteiger partial charge is 0.507 e. The quantitative estimate of drug-likeness (QED) is 0.789. The number of nitrogens with zero attached hydrogens (tertiary/aromatic N) is 2. The molecule has 2 aromatic rings. The molecule has 1 aromatic carbocycles. The molecule has 0 saturated carbocycles. The summed E-state index contributed by atoms with van der Waals surface area (Å²) in [5, 5.41) is 13.5. The molecule has 5 nitrogen and oxygen atoms in total. The third-order valence-corrected chi connectivity index (χ3v) is 3.16. The number of aromatic hydroxyl groups is 1. The van der Waals surface area contributed by atoms with Crippen molar-refractivity contribution in [3.63, 3.8) is 0 Å². The first-order valence-corrected chi connectivity index (χ1v) is 6.79. The van der Waals surface area contributed by atoms with Crippen molar-refractivity contribution in [3.05, 3.63) is 35.5 Å². The van der Waals surface area contributed by atoms with E-state index in [1.165, 1.54) is 6.07 Å². The van der Waals surface area contributed by atoms with Gasteiger partial charge in [0.15, 0.2) is 5.82 Å². The summed E-state index contributed by atoms with van der Waals surface area (Å²) < 4.78 is 0. The van der Waals surface area contributed by atoms with Crippen LogP contribution in [0.1, 0.15) is 13.3 Å². The molecule has 0 spiro atoms. The Morgan fingerprint density at radius 3 is 2.95 bits per heavy atom. The molecule has 0 amide bonds. The molecule has 0 bridgehead atoms. The maximum Gasteiger partial charge on any atom is 0.165 e. The zero-order valence-electron chi connectivity index (χ0n) is 11.2. The Kier molecular flexibility index (Phi) is 4.76. The van der Waals surface area contributed by atoms with Crippen LogP contribution in [0.4, 0.5) is 5.82 Å². The van der Waals surface area contributed by atoms with Crippen LogP contribution in [0.5, 0.6) is 5.75 Å². The average Bonchev–Trinajstić information content (AvgIpc) is 2.47. The number of benzene rings is 1. The average molecular weight is 293 g/mol. The lowest BCUT2D eigenvalue weighted by atomic mass is 10.2. The third kappa shape index (κ3) is 3.59. The molecule has 0 radical (unpaired) electrons. The number of hydrogen-bond acceptors (Lipinski definition) is 5. The van der Waals surface area contributed by atoms with Crippen LogP contribution in [-0.2, 0) is 0 Å². The maximum absolute atomic E-state index is 9.86. The summed E-state index contributed by atoms with van der Waals surface area (Å²) in [6.45, 7) is 2.66. The van der Waals surface area contributed by atoms with Crippen LogP contribution < -0.4 is 11.1 Å². The van der Waals surface area contributed by atoms with Crippen molar-refractivity contribution < 1.29 is 5.11 Å². The van der Waals surface area contributed by atoms with Gasteiger partial charge in [-0.2, -0.15) is 0 Å². The lowest BCUT2D eigenvalue weighted by Gasteiger charge is -2.11. The highest BCUT2D eigenvalue weighted by Crippen LogP contribution is 2.29. The molecule has 1 heterocycles. The molecule has 20 heavy (non-hydrogen) atoms. The minimum absolute atomic E-state index is 0.0768. The highest BCUT2D eigenvalue weighted by Gasteiger charge is 2.09. The summed E-state index contributed by atoms with van der Waals surface area (Å²) in [6, 6.07) is 6.60. The van der Waals surface area contributed by atoms with Crippen molar-refractivity contribution in [3.8, 4) is 17.1 Å². The lowest BCUT2D eigenvalue weighted by Crippen LogP contribution is -2.28. The molecule has 0 aliphatic rings. The normalized spacial score (nSPS) is 12.2. The smallest absolute Gasteiger partial charge is 0.165 e. The molecule has 4 N–H and O–H groups in total. The van der Waals surface area contributed by atoms with Gasteiger partial charge in [0.05, 0.1) is 5.56 Å². The molecule has 0 saturated heterocycles. The van der Waals surface area contributed by atoms with E-state index in [9.17, 15) is 5.11 Å². The van der Waals surface area contributed by atoms with Crippen molar-refractivity contribution in [2.45, 2.75) is 19.4 Å². The van der Waals surface area contributed by atoms with Gasteiger partial charge in [0.1, 0.15) is 11.6 Å². The summed E-state index contributed by atoms with van der Waals surface area (Å²) in [4.78, 5) is 8.51. The van der Waals surface area contributed by atoms with E-state index in [4.69, 9.17) is 17.3 Å². The van der Waals surface area contributed by atoms with E-state index in [1.807, 2.05) is 6.92 Å². The Morgan fingerprint density at radius 1 is 1.40 bits per heavy atom. The molecule has 1 atom stereocenters. The van der Waals surface area contributed by atoms with Crippen LogP contribution in [0.25, 0.3) is 11.4 Å². The van der Waals surface area contributed by atoms with Crippen molar-refractivity contribution in [1.82, 2.24) is 9.97 Å². The SMILES string of the molecule is CC[C@H](N)CNc1ccnc(-c2cc(Cl)ccc2O)n1. The van der Waals surface area contributed by atoms with Crippen molar-refractivity contribution in [1.29, 1.82) is 0 Å². The Hall–Kier alpha value is -1.85. The van der Waals surface area contributed by atoms with E-state index in [2.05, 4.69) is 15.3 Å². The molecule has 0 aliphatic carbocycles. The second-order valence-electron chi connectivity index (χ2n) is 4.48. The van der Waals surface area contributed by atoms with Crippen LogP contribution in [0.3, 0.4) is 0 Å². The van der Waals surface area contributed by atoms with E-state index >= 15 is 0 Å². The van der Waals surface area contributed by atoms with Gasteiger partial charge in [0, 0.05) is 23.8 Å². The fraction of sp³-hybridized carbons (Fsp3) is 0.286. The number of aromatic nitrogens is 2. The predicted octanol–water partition coefficient (Wildman–Crippen LogP) is 2.65. The van der Waals surface area contributed by atoms with Crippen LogP contribution in [-0.4, -0.2) is 27.7 Å². The zero-order chi connectivity index (χ0) is 14.5. The monoisotopic (exact) mass is 292 g/mol. The first kappa shape index (κ1) is 14.6. The highest BCUT2D eigenvalue weighted by molar-refractivity contribution is 6.30. The van der Waals surface area contributed by atoms with Crippen molar-refractivity contribution in [2.75, 3.05) is 11.9 Å². The van der Waals surface area contributed by atoms with Gasteiger partial charge in [0.2, 0.25) is 0 Å². The minimum Gasteiger partial charge on any atom is -0.507 e. The van der Waals surface area contributed by atoms with Gasteiger partial charge in [0.25, 0.3) is 0 Å². The molecule has 0 fully saturated rings. The van der Waals surface area contributed by atoms with Gasteiger partial charge in [-0.25, -0.2) is 9.97 Å². The van der Waals surface area contributed by atoms with Crippen LogP contribution in [0.2, 0.25) is 5.02 Å². The van der Waals surface area contributed by atoms with Crippen molar-refractivity contribution in [2.24, 2.45) is 5.73 Å². The summed E-state index contributed by atoms with van der Waals surface area (Å²) in [6.07, 6.45) is 2.52. The summed E-state index contributed by atoms with van der Waals surface area (Å²) in [5.74, 6) is 1.18. The molecule has 2 rings (SSSR count). The standard InChI is InChI=1S/C14H17ClN4O/c1-2-10(16)8-18-13-5-6-17-14(19-13)11-7-9(15)3-4-12(11)20/h3-7,10,20H,2,8,16H2,1H3,(H,17,18,19)/t10-/m0/s1. The fourth-order valence-corrected chi connectivity index (χ4v) is 1.83. The first-order chi connectivity index (χ1) is 9.60. The number of anilines is 1. The Labute approximate surface area is 122 Å². The number of nitrogens with two attached hydrogens (primary N) is 1. The Bertz CT molecular complexity index is 591. The van der Waals surface area contributed by atoms with Gasteiger partial charge >= 0.3 is 0 Å². The van der Waals surface area contributed by atoms with Gasteiger partial charge < -0.3 is 16.2 Å². The van der Waals surface area contributed by atoms with E-state index in [-0.39, 0.29) is 11.8 Å². The lowest BCUT2D eigenvalue weighted by molar-refractivity contribution is 0.477. The molecular formula is C14H17ClN4O. The van der Waals surface area contributed by atoms with Gasteiger partial charge in [-0.3, -0.25) is 0 Å². The molecule has 0 unspecified atom stereocenters. The fourth-order valence-electron chi connectivity index (χ4n) is 1.65. The molecular weight excluding hydrogens is 276 g/mol. The number of halogens is 1. The number of phenolic OH excluding ortho intramolecular Hbond substituents is 1. The zero-order valence-corrected chi connectivity index (χ0v) is 11.9. The molecule has 106 valence electrons. The third-order valence-electron chi connectivity index (χ3n) is 2.92. The Morgan fingerprint density at radius 2 is 2.20 bits per heavy atom. The molecule has 1 aromatic heterocycles. The van der Waals surface area contributed by atoms with E-state index in [1.54, 1.807) is 24.4 Å². The van der Waals surface area contributed by atoms with Crippen LogP contribution in [0.15, 0.2) is 30.5 Å². The topological polar surface area (TPSA) is 84.1 Å². The summed E-state index contributed by atoms with van der Waals surface area (Å²) in [7, 11) is 0. The number of rotatable bonds is 5. The predicted molar refractivity (Wildman–Crippen MR) is 80.9 cm³/mol.